The van der Waals surface area contributed by atoms with Crippen LogP contribution in [0.2, 0.25) is 0 Å². The zero-order valence-corrected chi connectivity index (χ0v) is 15.0. The van der Waals surface area contributed by atoms with Crippen molar-refractivity contribution in [3.8, 4) is 0 Å². The molecule has 0 aliphatic carbocycles. The van der Waals surface area contributed by atoms with Crippen LogP contribution >= 0.6 is 0 Å². The highest BCUT2D eigenvalue weighted by atomic mass is 32.2. The third-order valence-electron chi connectivity index (χ3n) is 4.56. The Hall–Kier alpha value is -1.85. The Labute approximate surface area is 144 Å². The Kier molecular flexibility index (Phi) is 4.92. The largest absolute Gasteiger partial charge is 0.380 e. The van der Waals surface area contributed by atoms with Crippen LogP contribution < -0.4 is 5.32 Å². The van der Waals surface area contributed by atoms with Crippen LogP contribution in [0.25, 0.3) is 0 Å². The van der Waals surface area contributed by atoms with Gasteiger partial charge in [0.2, 0.25) is 0 Å². The number of sulfone groups is 1. The molecule has 3 rings (SSSR count). The second-order valence-corrected chi connectivity index (χ2v) is 8.66. The minimum Gasteiger partial charge on any atom is -0.380 e. The number of para-hydroxylation sites is 1. The van der Waals surface area contributed by atoms with E-state index in [1.165, 1.54) is 11.8 Å². The van der Waals surface area contributed by atoms with E-state index in [0.29, 0.717) is 16.5 Å². The van der Waals surface area contributed by atoms with Crippen molar-refractivity contribution in [2.24, 2.45) is 5.92 Å². The summed E-state index contributed by atoms with van der Waals surface area (Å²) in [5.74, 6) is 0.460. The quantitative estimate of drug-likeness (QED) is 0.906. The third kappa shape index (κ3) is 3.97. The van der Waals surface area contributed by atoms with E-state index in [-0.39, 0.29) is 6.04 Å². The van der Waals surface area contributed by atoms with Gasteiger partial charge in [-0.1, -0.05) is 49.4 Å². The van der Waals surface area contributed by atoms with Crippen molar-refractivity contribution in [2.45, 2.75) is 24.4 Å². The van der Waals surface area contributed by atoms with Gasteiger partial charge < -0.3 is 5.32 Å². The number of anilines is 1. The van der Waals surface area contributed by atoms with Gasteiger partial charge in [0, 0.05) is 31.9 Å². The lowest BCUT2D eigenvalue weighted by molar-refractivity contribution is 0.319. The highest BCUT2D eigenvalue weighted by Crippen LogP contribution is 2.26. The number of nitrogens with zero attached hydrogens (tertiary/aromatic N) is 1. The van der Waals surface area contributed by atoms with Gasteiger partial charge in [-0.2, -0.15) is 0 Å². The molecule has 2 unspecified atom stereocenters. The van der Waals surface area contributed by atoms with E-state index in [0.717, 1.165) is 19.6 Å². The maximum atomic E-state index is 12.0. The van der Waals surface area contributed by atoms with Gasteiger partial charge in [-0.15, -0.1) is 0 Å². The minimum absolute atomic E-state index is 0.247. The zero-order chi connectivity index (χ0) is 17.2. The van der Waals surface area contributed by atoms with E-state index < -0.39 is 9.84 Å². The van der Waals surface area contributed by atoms with E-state index in [1.54, 1.807) is 12.1 Å². The van der Waals surface area contributed by atoms with Crippen LogP contribution in [0.4, 0.5) is 5.69 Å². The summed E-state index contributed by atoms with van der Waals surface area (Å²) in [7, 11) is -3.23. The molecular formula is C19H24N2O2S. The van der Waals surface area contributed by atoms with Crippen LogP contribution in [0, 0.1) is 5.92 Å². The number of hydrogen-bond acceptors (Lipinski definition) is 4. The molecule has 1 aliphatic heterocycles. The molecule has 0 radical (unpaired) electrons. The van der Waals surface area contributed by atoms with Crippen LogP contribution in [-0.4, -0.2) is 38.7 Å². The molecule has 1 aliphatic rings. The maximum Gasteiger partial charge on any atom is 0.177 e. The Morgan fingerprint density at radius 2 is 1.71 bits per heavy atom. The zero-order valence-electron chi connectivity index (χ0n) is 14.1. The SMILES string of the molecule is CC1CN(Cc2ccccc2)CC1Nc1ccccc1S(C)(=O)=O. The van der Waals surface area contributed by atoms with E-state index in [2.05, 4.69) is 41.4 Å². The predicted octanol–water partition coefficient (Wildman–Crippen LogP) is 3.02. The first-order chi connectivity index (χ1) is 11.4. The first-order valence-electron chi connectivity index (χ1n) is 8.25. The molecule has 4 nitrogen and oxygen atoms in total. The Bertz CT molecular complexity index is 790. The molecule has 2 aromatic rings. The number of nitrogens with one attached hydrogen (secondary N) is 1. The van der Waals surface area contributed by atoms with Crippen LogP contribution in [-0.2, 0) is 16.4 Å². The molecule has 5 heteroatoms. The summed E-state index contributed by atoms with van der Waals surface area (Å²) in [5, 5.41) is 3.46. The molecule has 0 bridgehead atoms. The van der Waals surface area contributed by atoms with Gasteiger partial charge in [-0.3, -0.25) is 4.90 Å². The highest BCUT2D eigenvalue weighted by molar-refractivity contribution is 7.90. The molecule has 2 aromatic carbocycles. The fourth-order valence-corrected chi connectivity index (χ4v) is 4.19. The fourth-order valence-electron chi connectivity index (χ4n) is 3.33. The second kappa shape index (κ2) is 6.95. The summed E-state index contributed by atoms with van der Waals surface area (Å²) in [4.78, 5) is 2.79. The predicted molar refractivity (Wildman–Crippen MR) is 97.8 cm³/mol. The molecule has 0 amide bonds. The van der Waals surface area contributed by atoms with E-state index >= 15 is 0 Å². The van der Waals surface area contributed by atoms with Crippen molar-refractivity contribution in [2.75, 3.05) is 24.7 Å². The van der Waals surface area contributed by atoms with Crippen molar-refractivity contribution in [1.82, 2.24) is 4.90 Å². The van der Waals surface area contributed by atoms with Crippen molar-refractivity contribution in [1.29, 1.82) is 0 Å². The summed E-state index contributed by atoms with van der Waals surface area (Å²) in [6.45, 7) is 5.06. The summed E-state index contributed by atoms with van der Waals surface area (Å²) in [6.07, 6.45) is 1.26. The smallest absolute Gasteiger partial charge is 0.177 e. The lowest BCUT2D eigenvalue weighted by Crippen LogP contribution is -2.28. The molecule has 2 atom stereocenters. The van der Waals surface area contributed by atoms with Gasteiger partial charge in [0.1, 0.15) is 0 Å². The number of likely N-dealkylation sites (tertiary alicyclic amines) is 1. The van der Waals surface area contributed by atoms with E-state index in [1.807, 2.05) is 18.2 Å². The minimum atomic E-state index is -3.23. The molecule has 1 fully saturated rings. The Morgan fingerprint density at radius 3 is 2.42 bits per heavy atom. The lowest BCUT2D eigenvalue weighted by Gasteiger charge is -2.20. The molecular weight excluding hydrogens is 320 g/mol. The van der Waals surface area contributed by atoms with Crippen molar-refractivity contribution in [3.63, 3.8) is 0 Å². The standard InChI is InChI=1S/C19H24N2O2S/c1-15-12-21(13-16-8-4-3-5-9-16)14-18(15)20-17-10-6-7-11-19(17)24(2,22)23/h3-11,15,18,20H,12-14H2,1-2H3. The molecule has 1 N–H and O–H groups in total. The molecule has 0 aromatic heterocycles. The molecule has 24 heavy (non-hydrogen) atoms. The second-order valence-electron chi connectivity index (χ2n) is 6.68. The average molecular weight is 344 g/mol. The maximum absolute atomic E-state index is 12.0. The van der Waals surface area contributed by atoms with Gasteiger partial charge in [-0.05, 0) is 23.6 Å². The highest BCUT2D eigenvalue weighted by Gasteiger charge is 2.30. The summed E-state index contributed by atoms with van der Waals surface area (Å²) >= 11 is 0. The Balaban J connectivity index is 1.71. The Morgan fingerprint density at radius 1 is 1.04 bits per heavy atom. The first kappa shape index (κ1) is 17.0. The topological polar surface area (TPSA) is 49.4 Å². The van der Waals surface area contributed by atoms with Crippen molar-refractivity contribution >= 4 is 15.5 Å². The van der Waals surface area contributed by atoms with Gasteiger partial charge >= 0.3 is 0 Å². The molecule has 0 saturated carbocycles. The van der Waals surface area contributed by atoms with Crippen LogP contribution in [0.15, 0.2) is 59.5 Å². The first-order valence-corrected chi connectivity index (χ1v) is 10.1. The van der Waals surface area contributed by atoms with E-state index in [4.69, 9.17) is 0 Å². The van der Waals surface area contributed by atoms with Crippen LogP contribution in [0.1, 0.15) is 12.5 Å². The number of benzene rings is 2. The van der Waals surface area contributed by atoms with Gasteiger partial charge in [0.15, 0.2) is 9.84 Å². The fraction of sp³-hybridized carbons (Fsp3) is 0.368. The monoisotopic (exact) mass is 344 g/mol. The van der Waals surface area contributed by atoms with Gasteiger partial charge in [0.05, 0.1) is 10.6 Å². The number of hydrogen-bond donors (Lipinski definition) is 1. The summed E-state index contributed by atoms with van der Waals surface area (Å²) < 4.78 is 23.9. The van der Waals surface area contributed by atoms with Crippen molar-refractivity contribution < 1.29 is 8.42 Å². The molecule has 128 valence electrons. The summed E-state index contributed by atoms with van der Waals surface area (Å²) in [5.41, 5.74) is 2.01. The third-order valence-corrected chi connectivity index (χ3v) is 5.72. The van der Waals surface area contributed by atoms with Crippen LogP contribution in [0.3, 0.4) is 0 Å². The number of rotatable bonds is 5. The summed E-state index contributed by atoms with van der Waals surface area (Å²) in [6, 6.07) is 17.8. The molecule has 1 heterocycles. The van der Waals surface area contributed by atoms with Crippen LogP contribution in [0.5, 0.6) is 0 Å². The van der Waals surface area contributed by atoms with Gasteiger partial charge in [-0.25, -0.2) is 8.42 Å². The van der Waals surface area contributed by atoms with Gasteiger partial charge in [0.25, 0.3) is 0 Å². The normalized spacial score (nSPS) is 21.8. The van der Waals surface area contributed by atoms with E-state index in [9.17, 15) is 8.42 Å². The van der Waals surface area contributed by atoms with Crippen molar-refractivity contribution in [3.05, 3.63) is 60.2 Å². The lowest BCUT2D eigenvalue weighted by atomic mass is 10.1. The molecule has 1 saturated heterocycles. The average Bonchev–Trinajstić information content (AvgIpc) is 2.87. The molecule has 0 spiro atoms.